The van der Waals surface area contributed by atoms with Crippen molar-refractivity contribution in [2.75, 3.05) is 11.5 Å². The molecule has 1 saturated heterocycles. The molecule has 0 saturated carbocycles. The molecule has 38 heavy (non-hydrogen) atoms. The minimum Gasteiger partial charge on any atom is -0.462 e. The summed E-state index contributed by atoms with van der Waals surface area (Å²) in [4.78, 5) is 68.9. The van der Waals surface area contributed by atoms with Gasteiger partial charge in [0.15, 0.2) is 0 Å². The molecule has 0 radical (unpaired) electrons. The summed E-state index contributed by atoms with van der Waals surface area (Å²) in [7, 11) is 0. The molecule has 0 bridgehead atoms. The molecule has 1 unspecified atom stereocenters. The average molecular weight is 537 g/mol. The van der Waals surface area contributed by atoms with Crippen molar-refractivity contribution in [3.63, 3.8) is 0 Å². The van der Waals surface area contributed by atoms with E-state index in [0.717, 1.165) is 11.0 Å². The van der Waals surface area contributed by atoms with E-state index in [0.29, 0.717) is 5.56 Å². The summed E-state index contributed by atoms with van der Waals surface area (Å²) < 4.78 is 4.95. The Morgan fingerprint density at radius 2 is 1.87 bits per heavy atom. The van der Waals surface area contributed by atoms with Crippen molar-refractivity contribution in [3.8, 4) is 0 Å². The van der Waals surface area contributed by atoms with E-state index >= 15 is 0 Å². The third-order valence-electron chi connectivity index (χ3n) is 5.86. The van der Waals surface area contributed by atoms with E-state index in [1.54, 1.807) is 25.3 Å². The van der Waals surface area contributed by atoms with Crippen molar-refractivity contribution in [2.45, 2.75) is 25.9 Å². The van der Waals surface area contributed by atoms with Crippen molar-refractivity contribution < 1.29 is 28.8 Å². The van der Waals surface area contributed by atoms with Crippen LogP contribution in [-0.4, -0.2) is 51.1 Å². The second kappa shape index (κ2) is 11.2. The van der Waals surface area contributed by atoms with Crippen LogP contribution in [0.5, 0.6) is 0 Å². The number of carbonyl (C=O) groups is 4. The van der Waals surface area contributed by atoms with Gasteiger partial charge in [-0.1, -0.05) is 17.7 Å². The van der Waals surface area contributed by atoms with Crippen LogP contribution in [0.2, 0.25) is 5.02 Å². The van der Waals surface area contributed by atoms with E-state index < -0.39 is 40.3 Å². The molecule has 1 atom stereocenters. The molecule has 2 aromatic carbocycles. The molecule has 1 aliphatic rings. The lowest BCUT2D eigenvalue weighted by molar-refractivity contribution is -0.384. The van der Waals surface area contributed by atoms with Gasteiger partial charge in [-0.2, -0.15) is 0 Å². The number of hydrogen-bond donors (Lipinski definition) is 0. The first-order valence-corrected chi connectivity index (χ1v) is 11.9. The van der Waals surface area contributed by atoms with Crippen LogP contribution in [0, 0.1) is 10.1 Å². The van der Waals surface area contributed by atoms with Crippen LogP contribution in [0.25, 0.3) is 0 Å². The average Bonchev–Trinajstić information content (AvgIpc) is 3.21. The number of nitrogens with zero attached hydrogens (tertiary/aromatic N) is 4. The number of carbonyl (C=O) groups excluding carboxylic acids is 4. The van der Waals surface area contributed by atoms with Gasteiger partial charge in [-0.05, 0) is 55.0 Å². The zero-order chi connectivity index (χ0) is 27.4. The van der Waals surface area contributed by atoms with E-state index in [1.165, 1.54) is 47.5 Å². The number of hydrogen-bond acceptors (Lipinski definition) is 8. The summed E-state index contributed by atoms with van der Waals surface area (Å²) in [5.74, 6) is -2.44. The topological polar surface area (TPSA) is 140 Å². The van der Waals surface area contributed by atoms with Gasteiger partial charge in [-0.3, -0.25) is 29.5 Å². The van der Waals surface area contributed by atoms with Crippen molar-refractivity contribution in [1.29, 1.82) is 0 Å². The number of anilines is 1. The number of imide groups is 1. The van der Waals surface area contributed by atoms with E-state index in [-0.39, 0.29) is 41.4 Å². The van der Waals surface area contributed by atoms with Gasteiger partial charge >= 0.3 is 5.97 Å². The highest BCUT2D eigenvalue weighted by Gasteiger charge is 2.44. The summed E-state index contributed by atoms with van der Waals surface area (Å²) >= 11 is 5.90. The van der Waals surface area contributed by atoms with Crippen LogP contribution in [0.15, 0.2) is 67.0 Å². The molecule has 4 rings (SSSR count). The van der Waals surface area contributed by atoms with Crippen molar-refractivity contribution in [2.24, 2.45) is 0 Å². The lowest BCUT2D eigenvalue weighted by Gasteiger charge is -2.28. The summed E-state index contributed by atoms with van der Waals surface area (Å²) in [6, 6.07) is 11.5. The Morgan fingerprint density at radius 3 is 2.50 bits per heavy atom. The predicted molar refractivity (Wildman–Crippen MR) is 136 cm³/mol. The normalized spacial score (nSPS) is 14.9. The Balaban J connectivity index is 1.67. The number of halogens is 1. The largest absolute Gasteiger partial charge is 0.462 e. The zero-order valence-corrected chi connectivity index (χ0v) is 20.8. The molecule has 2 heterocycles. The first-order chi connectivity index (χ1) is 18.2. The molecule has 0 aliphatic carbocycles. The highest BCUT2D eigenvalue weighted by molar-refractivity contribution is 6.32. The fraction of sp³-hybridized carbons (Fsp3) is 0.192. The highest BCUT2D eigenvalue weighted by Crippen LogP contribution is 2.30. The highest BCUT2D eigenvalue weighted by atomic mass is 35.5. The quantitative estimate of drug-likeness (QED) is 0.183. The number of nitro benzene ring substituents is 1. The van der Waals surface area contributed by atoms with Gasteiger partial charge < -0.3 is 9.64 Å². The summed E-state index contributed by atoms with van der Waals surface area (Å²) in [6.45, 7) is 1.79. The molecule has 0 spiro atoms. The molecule has 1 aliphatic heterocycles. The SMILES string of the molecule is CCOC(=O)c1ccc(N2C(=O)CC(N(Cc3cccnc3)C(=O)c3ccc(Cl)c([N+](=O)[O-])c3)C2=O)cc1. The lowest BCUT2D eigenvalue weighted by atomic mass is 10.1. The molecule has 0 N–H and O–H groups in total. The smallest absolute Gasteiger partial charge is 0.338 e. The number of benzene rings is 2. The standard InChI is InChI=1S/C26H21ClN4O7/c1-2-38-26(35)17-5-8-19(9-6-17)30-23(32)13-22(25(30)34)29(15-16-4-3-11-28-14-16)24(33)18-7-10-20(27)21(12-18)31(36)37/h3-12,14,22H,2,13,15H2,1H3. The van der Waals surface area contributed by atoms with E-state index in [9.17, 15) is 29.3 Å². The van der Waals surface area contributed by atoms with Gasteiger partial charge in [0.1, 0.15) is 11.1 Å². The molecule has 12 heteroatoms. The molecule has 11 nitrogen and oxygen atoms in total. The van der Waals surface area contributed by atoms with E-state index in [2.05, 4.69) is 4.98 Å². The van der Waals surface area contributed by atoms with E-state index in [4.69, 9.17) is 16.3 Å². The lowest BCUT2D eigenvalue weighted by Crippen LogP contribution is -2.45. The second-order valence-electron chi connectivity index (χ2n) is 8.27. The number of aromatic nitrogens is 1. The molecule has 3 amide bonds. The summed E-state index contributed by atoms with van der Waals surface area (Å²) in [6.07, 6.45) is 2.75. The maximum Gasteiger partial charge on any atom is 0.338 e. The molecular formula is C26H21ClN4O7. The minimum atomic E-state index is -1.19. The fourth-order valence-corrected chi connectivity index (χ4v) is 4.24. The summed E-state index contributed by atoms with van der Waals surface area (Å²) in [5.41, 5.74) is 0.538. The second-order valence-corrected chi connectivity index (χ2v) is 8.68. The fourth-order valence-electron chi connectivity index (χ4n) is 4.05. The maximum absolute atomic E-state index is 13.6. The van der Waals surface area contributed by atoms with Crippen LogP contribution < -0.4 is 4.90 Å². The Kier molecular flexibility index (Phi) is 7.77. The molecule has 194 valence electrons. The number of nitro groups is 1. The Labute approximate surface area is 221 Å². The zero-order valence-electron chi connectivity index (χ0n) is 20.1. The van der Waals surface area contributed by atoms with E-state index in [1.807, 2.05) is 0 Å². The van der Waals surface area contributed by atoms with Crippen LogP contribution in [0.4, 0.5) is 11.4 Å². The van der Waals surface area contributed by atoms with Gasteiger partial charge in [0.2, 0.25) is 5.91 Å². The predicted octanol–water partition coefficient (Wildman–Crippen LogP) is 3.79. The first-order valence-electron chi connectivity index (χ1n) is 11.5. The number of ether oxygens (including phenoxy) is 1. The van der Waals surface area contributed by atoms with Crippen molar-refractivity contribution in [1.82, 2.24) is 9.88 Å². The van der Waals surface area contributed by atoms with Gasteiger partial charge in [0.05, 0.1) is 29.2 Å². The Hall–Kier alpha value is -4.64. The Morgan fingerprint density at radius 1 is 1.16 bits per heavy atom. The summed E-state index contributed by atoms with van der Waals surface area (Å²) in [5, 5.41) is 11.2. The Bertz CT molecular complexity index is 1410. The molecule has 1 fully saturated rings. The third-order valence-corrected chi connectivity index (χ3v) is 6.18. The minimum absolute atomic E-state index is 0.0671. The van der Waals surface area contributed by atoms with Crippen LogP contribution >= 0.6 is 11.6 Å². The van der Waals surface area contributed by atoms with Crippen LogP contribution in [-0.2, 0) is 20.9 Å². The third kappa shape index (κ3) is 5.37. The van der Waals surface area contributed by atoms with Gasteiger partial charge in [-0.25, -0.2) is 9.69 Å². The number of amides is 3. The van der Waals surface area contributed by atoms with Crippen LogP contribution in [0.3, 0.4) is 0 Å². The number of rotatable bonds is 8. The van der Waals surface area contributed by atoms with Crippen molar-refractivity contribution in [3.05, 3.63) is 98.8 Å². The monoisotopic (exact) mass is 536 g/mol. The molecular weight excluding hydrogens is 516 g/mol. The van der Waals surface area contributed by atoms with Gasteiger partial charge in [0.25, 0.3) is 17.5 Å². The number of pyridine rings is 1. The van der Waals surface area contributed by atoms with Gasteiger partial charge in [-0.15, -0.1) is 0 Å². The maximum atomic E-state index is 13.6. The van der Waals surface area contributed by atoms with Crippen molar-refractivity contribution >= 4 is 46.7 Å². The first kappa shape index (κ1) is 26.4. The van der Waals surface area contributed by atoms with Gasteiger partial charge in [0, 0.05) is 30.6 Å². The molecule has 3 aromatic rings. The molecule has 1 aromatic heterocycles. The van der Waals surface area contributed by atoms with Crippen LogP contribution in [0.1, 0.15) is 39.6 Å². The number of esters is 1.